The first-order valence-electron chi connectivity index (χ1n) is 10.7. The van der Waals surface area contributed by atoms with E-state index >= 15 is 0 Å². The van der Waals surface area contributed by atoms with Crippen LogP contribution in [-0.4, -0.2) is 49.1 Å². The molecule has 8 heteroatoms. The van der Waals surface area contributed by atoms with Crippen molar-refractivity contribution in [1.82, 2.24) is 0 Å². The van der Waals surface area contributed by atoms with Crippen LogP contribution in [0.25, 0.3) is 0 Å². The number of rotatable bonds is 7. The number of benzene rings is 3. The standard InChI is InChI=1S/C26H23NO7/c27-23-22(34-26(30)19-14-8-3-9-15-19)21(33-25(29)18-12-6-2-7-13-18)20(32-23)16-31-24(28)17-10-4-1-5-11-17/h1-15,20-23H,16,27H2/t20-,21-,22-,23-/m1/s1. The summed E-state index contributed by atoms with van der Waals surface area (Å²) in [5.41, 5.74) is 7.05. The highest BCUT2D eigenvalue weighted by molar-refractivity contribution is 5.91. The van der Waals surface area contributed by atoms with E-state index in [0.717, 1.165) is 0 Å². The summed E-state index contributed by atoms with van der Waals surface area (Å²) in [4.78, 5) is 37.8. The molecular weight excluding hydrogens is 438 g/mol. The Labute approximate surface area is 196 Å². The van der Waals surface area contributed by atoms with Gasteiger partial charge < -0.3 is 24.7 Å². The Balaban J connectivity index is 1.51. The Bertz CT molecular complexity index is 1120. The number of hydrogen-bond donors (Lipinski definition) is 1. The van der Waals surface area contributed by atoms with E-state index in [9.17, 15) is 14.4 Å². The monoisotopic (exact) mass is 461 g/mol. The fourth-order valence-corrected chi connectivity index (χ4v) is 3.51. The van der Waals surface area contributed by atoms with Crippen LogP contribution in [-0.2, 0) is 18.9 Å². The molecule has 4 rings (SSSR count). The molecule has 0 aliphatic carbocycles. The first kappa shape index (κ1) is 23.2. The minimum atomic E-state index is -1.11. The molecule has 1 aliphatic heterocycles. The van der Waals surface area contributed by atoms with E-state index in [2.05, 4.69) is 0 Å². The number of ether oxygens (including phenoxy) is 4. The summed E-state index contributed by atoms with van der Waals surface area (Å²) in [6.45, 7) is -0.256. The zero-order valence-electron chi connectivity index (χ0n) is 18.1. The van der Waals surface area contributed by atoms with Gasteiger partial charge in [-0.25, -0.2) is 14.4 Å². The van der Waals surface area contributed by atoms with Crippen LogP contribution < -0.4 is 5.73 Å². The molecule has 1 saturated heterocycles. The van der Waals surface area contributed by atoms with E-state index < -0.39 is 42.4 Å². The fraction of sp³-hybridized carbons (Fsp3) is 0.192. The Morgan fingerprint density at radius 2 is 1.06 bits per heavy atom. The van der Waals surface area contributed by atoms with E-state index in [4.69, 9.17) is 24.7 Å². The third-order valence-electron chi connectivity index (χ3n) is 5.24. The molecule has 8 nitrogen and oxygen atoms in total. The summed E-state index contributed by atoms with van der Waals surface area (Å²) in [7, 11) is 0. The van der Waals surface area contributed by atoms with Crippen LogP contribution in [0.3, 0.4) is 0 Å². The molecule has 0 bridgehead atoms. The second-order valence-electron chi connectivity index (χ2n) is 7.58. The summed E-state index contributed by atoms with van der Waals surface area (Å²) in [5, 5.41) is 0. The molecular formula is C26H23NO7. The van der Waals surface area contributed by atoms with Gasteiger partial charge in [0.2, 0.25) is 0 Å². The predicted molar refractivity (Wildman–Crippen MR) is 121 cm³/mol. The molecule has 174 valence electrons. The van der Waals surface area contributed by atoms with Gasteiger partial charge in [0.15, 0.2) is 12.2 Å². The molecule has 0 saturated carbocycles. The normalized spacial score (nSPS) is 21.4. The highest BCUT2D eigenvalue weighted by atomic mass is 16.7. The van der Waals surface area contributed by atoms with E-state index in [-0.39, 0.29) is 6.61 Å². The second kappa shape index (κ2) is 10.7. The highest BCUT2D eigenvalue weighted by Gasteiger charge is 2.49. The van der Waals surface area contributed by atoms with E-state index in [0.29, 0.717) is 16.7 Å². The first-order valence-corrected chi connectivity index (χ1v) is 10.7. The van der Waals surface area contributed by atoms with Crippen molar-refractivity contribution in [2.75, 3.05) is 6.61 Å². The van der Waals surface area contributed by atoms with E-state index in [1.54, 1.807) is 91.0 Å². The molecule has 0 aromatic heterocycles. The van der Waals surface area contributed by atoms with Crippen molar-refractivity contribution < 1.29 is 33.3 Å². The largest absolute Gasteiger partial charge is 0.459 e. The number of carbonyl (C=O) groups excluding carboxylic acids is 3. The topological polar surface area (TPSA) is 114 Å². The molecule has 1 heterocycles. The van der Waals surface area contributed by atoms with Gasteiger partial charge in [0.1, 0.15) is 18.9 Å². The maximum Gasteiger partial charge on any atom is 0.338 e. The van der Waals surface area contributed by atoms with Crippen molar-refractivity contribution in [2.24, 2.45) is 5.73 Å². The number of esters is 3. The lowest BCUT2D eigenvalue weighted by atomic mass is 10.1. The van der Waals surface area contributed by atoms with Gasteiger partial charge in [-0.05, 0) is 36.4 Å². The van der Waals surface area contributed by atoms with Gasteiger partial charge in [-0.15, -0.1) is 0 Å². The van der Waals surface area contributed by atoms with Crippen LogP contribution in [0, 0.1) is 0 Å². The molecule has 1 fully saturated rings. The zero-order chi connectivity index (χ0) is 23.9. The quantitative estimate of drug-likeness (QED) is 0.422. The van der Waals surface area contributed by atoms with Crippen LogP contribution >= 0.6 is 0 Å². The Kier molecular flexibility index (Phi) is 7.31. The van der Waals surface area contributed by atoms with Gasteiger partial charge in [0.25, 0.3) is 0 Å². The van der Waals surface area contributed by atoms with Crippen LogP contribution in [0.15, 0.2) is 91.0 Å². The van der Waals surface area contributed by atoms with Gasteiger partial charge >= 0.3 is 17.9 Å². The van der Waals surface area contributed by atoms with Crippen molar-refractivity contribution in [2.45, 2.75) is 24.5 Å². The average Bonchev–Trinajstić information content (AvgIpc) is 3.17. The summed E-state index contributed by atoms with van der Waals surface area (Å²) in [6.07, 6.45) is -4.25. The van der Waals surface area contributed by atoms with Crippen LogP contribution in [0.4, 0.5) is 0 Å². The Hall–Kier alpha value is -4.01. The van der Waals surface area contributed by atoms with E-state index in [1.807, 2.05) is 0 Å². The molecule has 1 aliphatic rings. The molecule has 2 N–H and O–H groups in total. The maximum atomic E-state index is 12.7. The minimum Gasteiger partial charge on any atom is -0.459 e. The van der Waals surface area contributed by atoms with Crippen LogP contribution in [0.1, 0.15) is 31.1 Å². The van der Waals surface area contributed by atoms with Crippen LogP contribution in [0.2, 0.25) is 0 Å². The summed E-state index contributed by atoms with van der Waals surface area (Å²) >= 11 is 0. The molecule has 34 heavy (non-hydrogen) atoms. The molecule has 0 spiro atoms. The smallest absolute Gasteiger partial charge is 0.338 e. The highest BCUT2D eigenvalue weighted by Crippen LogP contribution is 2.27. The SMILES string of the molecule is N[C@@H]1O[C@H](COC(=O)c2ccccc2)[C@@H](OC(=O)c2ccccc2)[C@H]1OC(=O)c1ccccc1. The molecule has 3 aromatic rings. The van der Waals surface area contributed by atoms with Gasteiger partial charge in [-0.2, -0.15) is 0 Å². The molecule has 4 atom stereocenters. The predicted octanol–water partition coefficient (Wildman–Crippen LogP) is 2.98. The van der Waals surface area contributed by atoms with Crippen molar-refractivity contribution in [1.29, 1.82) is 0 Å². The number of carbonyl (C=O) groups is 3. The fourth-order valence-electron chi connectivity index (χ4n) is 3.51. The lowest BCUT2D eigenvalue weighted by Gasteiger charge is -2.23. The van der Waals surface area contributed by atoms with Crippen molar-refractivity contribution >= 4 is 17.9 Å². The second-order valence-corrected chi connectivity index (χ2v) is 7.58. The van der Waals surface area contributed by atoms with Gasteiger partial charge in [-0.1, -0.05) is 54.6 Å². The first-order chi connectivity index (χ1) is 16.5. The average molecular weight is 461 g/mol. The lowest BCUT2D eigenvalue weighted by Crippen LogP contribution is -2.44. The van der Waals surface area contributed by atoms with Gasteiger partial charge in [0.05, 0.1) is 16.7 Å². The van der Waals surface area contributed by atoms with E-state index in [1.165, 1.54) is 0 Å². The summed E-state index contributed by atoms with van der Waals surface area (Å²) in [5.74, 6) is -1.87. The summed E-state index contributed by atoms with van der Waals surface area (Å²) in [6, 6.07) is 25.1. The number of nitrogens with two attached hydrogens (primary N) is 1. The van der Waals surface area contributed by atoms with Crippen LogP contribution in [0.5, 0.6) is 0 Å². The minimum absolute atomic E-state index is 0.256. The maximum absolute atomic E-state index is 12.7. The van der Waals surface area contributed by atoms with Gasteiger partial charge in [-0.3, -0.25) is 0 Å². The molecule has 3 aromatic carbocycles. The Morgan fingerprint density at radius 3 is 1.53 bits per heavy atom. The van der Waals surface area contributed by atoms with Gasteiger partial charge in [0, 0.05) is 0 Å². The molecule has 0 unspecified atom stereocenters. The van der Waals surface area contributed by atoms with Crippen molar-refractivity contribution in [3.63, 3.8) is 0 Å². The zero-order valence-corrected chi connectivity index (χ0v) is 18.1. The molecule has 0 amide bonds. The third-order valence-corrected chi connectivity index (χ3v) is 5.24. The number of hydrogen-bond acceptors (Lipinski definition) is 8. The Morgan fingerprint density at radius 1 is 0.647 bits per heavy atom. The third kappa shape index (κ3) is 5.48. The lowest BCUT2D eigenvalue weighted by molar-refractivity contribution is -0.0446. The van der Waals surface area contributed by atoms with Crippen molar-refractivity contribution in [3.05, 3.63) is 108 Å². The molecule has 0 radical (unpaired) electrons. The summed E-state index contributed by atoms with van der Waals surface area (Å²) < 4.78 is 22.3. The van der Waals surface area contributed by atoms with Crippen molar-refractivity contribution in [3.8, 4) is 0 Å².